The molecule has 0 spiro atoms. The summed E-state index contributed by atoms with van der Waals surface area (Å²) in [5.41, 5.74) is 9.50. The lowest BCUT2D eigenvalue weighted by Gasteiger charge is -2.02. The lowest BCUT2D eigenvalue weighted by Crippen LogP contribution is -2.09. The summed E-state index contributed by atoms with van der Waals surface area (Å²) in [6.07, 6.45) is 6.23. The first-order chi connectivity index (χ1) is 9.10. The minimum absolute atomic E-state index is 0.383. The highest BCUT2D eigenvalue weighted by Gasteiger charge is 2.14. The molecule has 0 aliphatic rings. The first-order valence-electron chi connectivity index (χ1n) is 6.18. The third kappa shape index (κ3) is 3.21. The second-order valence-electron chi connectivity index (χ2n) is 4.66. The number of terminal acetylenes is 1. The lowest BCUT2D eigenvalue weighted by atomic mass is 10.0. The van der Waals surface area contributed by atoms with E-state index >= 15 is 0 Å². The van der Waals surface area contributed by atoms with Crippen molar-refractivity contribution in [2.75, 3.05) is 0 Å². The molecule has 0 radical (unpaired) electrons. The molecule has 0 aliphatic heterocycles. The van der Waals surface area contributed by atoms with E-state index in [0.717, 1.165) is 5.56 Å². The van der Waals surface area contributed by atoms with E-state index in [0.29, 0.717) is 24.6 Å². The molecule has 0 saturated heterocycles. The second-order valence-corrected chi connectivity index (χ2v) is 4.66. The molecular formula is C15H17N3O. The molecule has 1 atom stereocenters. The number of hydrogen-bond donors (Lipinski definition) is 1. The van der Waals surface area contributed by atoms with Crippen molar-refractivity contribution in [2.24, 2.45) is 5.73 Å². The van der Waals surface area contributed by atoms with Crippen LogP contribution in [0.5, 0.6) is 0 Å². The molecule has 4 heteroatoms. The molecule has 0 bridgehead atoms. The van der Waals surface area contributed by atoms with Crippen molar-refractivity contribution in [1.82, 2.24) is 10.1 Å². The zero-order valence-corrected chi connectivity index (χ0v) is 11.2. The maximum absolute atomic E-state index is 5.82. The normalized spacial score (nSPS) is 12.1. The van der Waals surface area contributed by atoms with E-state index in [1.54, 1.807) is 0 Å². The van der Waals surface area contributed by atoms with Crippen LogP contribution >= 0.6 is 0 Å². The summed E-state index contributed by atoms with van der Waals surface area (Å²) >= 11 is 0. The molecule has 0 saturated carbocycles. The van der Waals surface area contributed by atoms with Crippen molar-refractivity contribution in [3.63, 3.8) is 0 Å². The van der Waals surface area contributed by atoms with Gasteiger partial charge in [0.2, 0.25) is 5.89 Å². The summed E-state index contributed by atoms with van der Waals surface area (Å²) in [6, 6.07) is 5.91. The van der Waals surface area contributed by atoms with E-state index in [9.17, 15) is 0 Å². The summed E-state index contributed by atoms with van der Waals surface area (Å²) in [6.45, 7) is 4.17. The van der Waals surface area contributed by atoms with Crippen LogP contribution in [0.1, 0.15) is 40.9 Å². The Kier molecular flexibility index (Phi) is 3.98. The molecule has 19 heavy (non-hydrogen) atoms. The maximum Gasteiger partial charge on any atom is 0.244 e. The Morgan fingerprint density at radius 3 is 2.84 bits per heavy atom. The highest BCUT2D eigenvalue weighted by molar-refractivity contribution is 5.31. The van der Waals surface area contributed by atoms with E-state index in [4.69, 9.17) is 16.7 Å². The van der Waals surface area contributed by atoms with Crippen LogP contribution in [0, 0.1) is 26.2 Å². The van der Waals surface area contributed by atoms with Crippen LogP contribution in [-0.4, -0.2) is 10.1 Å². The van der Waals surface area contributed by atoms with Crippen molar-refractivity contribution >= 4 is 0 Å². The summed E-state index contributed by atoms with van der Waals surface area (Å²) in [4.78, 5) is 4.28. The quantitative estimate of drug-likeness (QED) is 0.851. The summed E-state index contributed by atoms with van der Waals surface area (Å²) in [5.74, 6) is 3.52. The molecule has 2 rings (SSSR count). The van der Waals surface area contributed by atoms with Crippen LogP contribution in [0.2, 0.25) is 0 Å². The number of hydrogen-bond acceptors (Lipinski definition) is 4. The first kappa shape index (κ1) is 13.3. The molecule has 1 aromatic heterocycles. The molecule has 2 aromatic rings. The van der Waals surface area contributed by atoms with E-state index in [1.165, 1.54) is 11.1 Å². The zero-order valence-electron chi connectivity index (χ0n) is 11.2. The van der Waals surface area contributed by atoms with Crippen LogP contribution in [0.4, 0.5) is 0 Å². The van der Waals surface area contributed by atoms with Crippen molar-refractivity contribution < 1.29 is 4.52 Å². The maximum atomic E-state index is 5.82. The van der Waals surface area contributed by atoms with Gasteiger partial charge in [-0.1, -0.05) is 23.4 Å². The molecule has 98 valence electrons. The number of benzene rings is 1. The minimum atomic E-state index is -0.383. The van der Waals surface area contributed by atoms with Gasteiger partial charge in [0.15, 0.2) is 5.82 Å². The molecule has 4 nitrogen and oxygen atoms in total. The van der Waals surface area contributed by atoms with E-state index in [1.807, 2.05) is 0 Å². The third-order valence-corrected chi connectivity index (χ3v) is 3.07. The number of aryl methyl sites for hydroxylation is 2. The van der Waals surface area contributed by atoms with Crippen LogP contribution in [0.15, 0.2) is 22.7 Å². The van der Waals surface area contributed by atoms with Crippen molar-refractivity contribution in [3.8, 4) is 12.3 Å². The minimum Gasteiger partial charge on any atom is -0.338 e. The van der Waals surface area contributed by atoms with Gasteiger partial charge in [-0.3, -0.25) is 0 Å². The average Bonchev–Trinajstić information content (AvgIpc) is 2.83. The van der Waals surface area contributed by atoms with Gasteiger partial charge >= 0.3 is 0 Å². The van der Waals surface area contributed by atoms with Crippen LogP contribution in [0.25, 0.3) is 0 Å². The Morgan fingerprint density at radius 1 is 1.37 bits per heavy atom. The van der Waals surface area contributed by atoms with Gasteiger partial charge in [0.1, 0.15) is 0 Å². The van der Waals surface area contributed by atoms with E-state index in [-0.39, 0.29) is 6.04 Å². The monoisotopic (exact) mass is 255 g/mol. The number of nitrogens with zero attached hydrogens (tertiary/aromatic N) is 2. The van der Waals surface area contributed by atoms with Gasteiger partial charge in [0.05, 0.1) is 6.04 Å². The van der Waals surface area contributed by atoms with Gasteiger partial charge in [-0.25, -0.2) is 0 Å². The molecular weight excluding hydrogens is 238 g/mol. The number of rotatable bonds is 4. The van der Waals surface area contributed by atoms with Crippen molar-refractivity contribution in [3.05, 3.63) is 46.6 Å². The summed E-state index contributed by atoms with van der Waals surface area (Å²) in [5, 5.41) is 3.93. The fourth-order valence-electron chi connectivity index (χ4n) is 1.80. The fourth-order valence-corrected chi connectivity index (χ4v) is 1.80. The Labute approximate surface area is 113 Å². The Morgan fingerprint density at radius 2 is 2.16 bits per heavy atom. The third-order valence-electron chi connectivity index (χ3n) is 3.07. The van der Waals surface area contributed by atoms with Crippen LogP contribution in [-0.2, 0) is 6.42 Å². The van der Waals surface area contributed by atoms with E-state index < -0.39 is 0 Å². The predicted molar refractivity (Wildman–Crippen MR) is 73.4 cm³/mol. The smallest absolute Gasteiger partial charge is 0.244 e. The average molecular weight is 255 g/mol. The second kappa shape index (κ2) is 5.68. The standard InChI is InChI=1S/C15H17N3O/c1-4-5-13(16)15-17-14(18-19-15)9-12-7-6-10(2)11(3)8-12/h1,6-8,13H,5,9,16H2,2-3H3. The molecule has 0 amide bonds. The highest BCUT2D eigenvalue weighted by atomic mass is 16.5. The SMILES string of the molecule is C#CCC(N)c1nc(Cc2ccc(C)c(C)c2)no1. The van der Waals surface area contributed by atoms with Gasteiger partial charge in [0.25, 0.3) is 0 Å². The van der Waals surface area contributed by atoms with Gasteiger partial charge in [0, 0.05) is 12.8 Å². The summed E-state index contributed by atoms with van der Waals surface area (Å²) < 4.78 is 5.12. The van der Waals surface area contributed by atoms with Crippen molar-refractivity contribution in [2.45, 2.75) is 32.7 Å². The van der Waals surface area contributed by atoms with Crippen LogP contribution < -0.4 is 5.73 Å². The van der Waals surface area contributed by atoms with Gasteiger partial charge in [-0.2, -0.15) is 4.98 Å². The molecule has 2 N–H and O–H groups in total. The molecule has 1 unspecified atom stereocenters. The summed E-state index contributed by atoms with van der Waals surface area (Å²) in [7, 11) is 0. The number of aromatic nitrogens is 2. The topological polar surface area (TPSA) is 64.9 Å². The van der Waals surface area contributed by atoms with Gasteiger partial charge in [-0.05, 0) is 30.5 Å². The van der Waals surface area contributed by atoms with Crippen molar-refractivity contribution in [1.29, 1.82) is 0 Å². The molecule has 0 fully saturated rings. The van der Waals surface area contributed by atoms with Crippen LogP contribution in [0.3, 0.4) is 0 Å². The first-order valence-corrected chi connectivity index (χ1v) is 6.18. The largest absolute Gasteiger partial charge is 0.338 e. The Hall–Kier alpha value is -2.12. The predicted octanol–water partition coefficient (Wildman–Crippen LogP) is 2.30. The van der Waals surface area contributed by atoms with Gasteiger partial charge in [-0.15, -0.1) is 12.3 Å². The van der Waals surface area contributed by atoms with E-state index in [2.05, 4.69) is 48.1 Å². The zero-order chi connectivity index (χ0) is 13.8. The molecule has 0 aliphatic carbocycles. The lowest BCUT2D eigenvalue weighted by molar-refractivity contribution is 0.353. The Bertz CT molecular complexity index is 610. The van der Waals surface area contributed by atoms with Gasteiger partial charge < -0.3 is 10.3 Å². The fraction of sp³-hybridized carbons (Fsp3) is 0.333. The number of nitrogens with two attached hydrogens (primary N) is 1. The molecule has 1 heterocycles. The molecule has 1 aromatic carbocycles. The Balaban J connectivity index is 2.11. The highest BCUT2D eigenvalue weighted by Crippen LogP contribution is 2.15.